The maximum absolute atomic E-state index is 13.3. The topological polar surface area (TPSA) is 209 Å². The van der Waals surface area contributed by atoms with Gasteiger partial charge in [-0.25, -0.2) is 4.79 Å². The average Bonchev–Trinajstić information content (AvgIpc) is 3.30. The Balaban J connectivity index is 2.13. The van der Waals surface area contributed by atoms with E-state index < -0.39 is 53.8 Å². The number of carboxylic acids is 1. The van der Waals surface area contributed by atoms with Gasteiger partial charge in [0, 0.05) is 23.5 Å². The Morgan fingerprint density at radius 1 is 0.950 bits per heavy atom. The number of aromatic nitrogens is 1. The molecule has 0 fully saturated rings. The van der Waals surface area contributed by atoms with Crippen LogP contribution in [0.3, 0.4) is 0 Å². The van der Waals surface area contributed by atoms with E-state index in [1.807, 2.05) is 44.4 Å². The van der Waals surface area contributed by atoms with Crippen LogP contribution in [0.4, 0.5) is 0 Å². The fourth-order valence-electron chi connectivity index (χ4n) is 4.21. The number of primary amides is 1. The molecule has 220 valence electrons. The lowest BCUT2D eigenvalue weighted by Crippen LogP contribution is -2.57. The third-order valence-electron chi connectivity index (χ3n) is 6.33. The van der Waals surface area contributed by atoms with Crippen molar-refractivity contribution in [3.8, 4) is 0 Å². The minimum absolute atomic E-state index is 0.0142. The number of para-hydroxylation sites is 1. The Morgan fingerprint density at radius 2 is 1.55 bits per heavy atom. The zero-order chi connectivity index (χ0) is 29.8. The van der Waals surface area contributed by atoms with Crippen LogP contribution in [-0.2, 0) is 30.4 Å². The van der Waals surface area contributed by atoms with E-state index in [0.29, 0.717) is 5.75 Å². The molecule has 40 heavy (non-hydrogen) atoms. The number of carboxylic acid groups (broad SMARTS) is 1. The number of H-pyrrole nitrogens is 1. The maximum Gasteiger partial charge on any atom is 0.326 e. The van der Waals surface area contributed by atoms with Crippen LogP contribution >= 0.6 is 11.8 Å². The molecule has 2 rings (SSSR count). The molecule has 0 aliphatic rings. The van der Waals surface area contributed by atoms with Gasteiger partial charge in [0.1, 0.15) is 18.1 Å². The minimum atomic E-state index is -1.23. The molecule has 4 amide bonds. The van der Waals surface area contributed by atoms with Crippen LogP contribution in [-0.4, -0.2) is 75.9 Å². The second kappa shape index (κ2) is 15.9. The van der Waals surface area contributed by atoms with E-state index in [2.05, 4.69) is 20.9 Å². The summed E-state index contributed by atoms with van der Waals surface area (Å²) in [5, 5.41) is 18.1. The van der Waals surface area contributed by atoms with Crippen molar-refractivity contribution in [2.45, 2.75) is 70.1 Å². The van der Waals surface area contributed by atoms with Crippen molar-refractivity contribution in [2.75, 3.05) is 12.0 Å². The Kier molecular flexibility index (Phi) is 12.9. The Morgan fingerprint density at radius 3 is 2.15 bits per heavy atom. The fourth-order valence-corrected chi connectivity index (χ4v) is 4.68. The van der Waals surface area contributed by atoms with Crippen LogP contribution in [0.5, 0.6) is 0 Å². The summed E-state index contributed by atoms with van der Waals surface area (Å²) < 4.78 is 0. The molecule has 0 aliphatic heterocycles. The predicted octanol–water partition coefficient (Wildman–Crippen LogP) is 0.641. The highest BCUT2D eigenvalue weighted by Crippen LogP contribution is 2.19. The molecule has 0 saturated heterocycles. The third kappa shape index (κ3) is 10.2. The number of fused-ring (bicyclic) bond motifs is 1. The van der Waals surface area contributed by atoms with Crippen LogP contribution in [0.25, 0.3) is 10.9 Å². The molecule has 0 bridgehead atoms. The molecule has 0 spiro atoms. The van der Waals surface area contributed by atoms with Crippen LogP contribution in [0.2, 0.25) is 0 Å². The van der Waals surface area contributed by atoms with E-state index >= 15 is 0 Å². The van der Waals surface area contributed by atoms with Crippen LogP contribution in [0.1, 0.15) is 45.1 Å². The van der Waals surface area contributed by atoms with Crippen molar-refractivity contribution in [1.29, 1.82) is 0 Å². The summed E-state index contributed by atoms with van der Waals surface area (Å²) in [5.41, 5.74) is 13.2. The van der Waals surface area contributed by atoms with Gasteiger partial charge in [-0.1, -0.05) is 32.0 Å². The highest BCUT2D eigenvalue weighted by atomic mass is 32.2. The quantitative estimate of drug-likeness (QED) is 0.142. The second-order valence-corrected chi connectivity index (χ2v) is 11.1. The first-order valence-electron chi connectivity index (χ1n) is 13.1. The minimum Gasteiger partial charge on any atom is -0.480 e. The number of carbonyl (C=O) groups excluding carboxylic acids is 4. The van der Waals surface area contributed by atoms with Gasteiger partial charge in [-0.05, 0) is 55.2 Å². The number of nitrogens with two attached hydrogens (primary N) is 2. The molecule has 1 aromatic heterocycles. The first-order valence-corrected chi connectivity index (χ1v) is 14.5. The van der Waals surface area contributed by atoms with Gasteiger partial charge in [-0.3, -0.25) is 19.2 Å². The smallest absolute Gasteiger partial charge is 0.326 e. The van der Waals surface area contributed by atoms with E-state index in [1.54, 1.807) is 6.20 Å². The van der Waals surface area contributed by atoms with E-state index in [0.717, 1.165) is 16.5 Å². The molecule has 4 atom stereocenters. The maximum atomic E-state index is 13.3. The number of hydrogen-bond acceptors (Lipinski definition) is 7. The summed E-state index contributed by atoms with van der Waals surface area (Å²) in [5.74, 6) is -3.32. The number of aromatic amines is 1. The highest BCUT2D eigenvalue weighted by molar-refractivity contribution is 7.98. The van der Waals surface area contributed by atoms with Crippen LogP contribution in [0, 0.1) is 5.92 Å². The van der Waals surface area contributed by atoms with Gasteiger partial charge in [-0.2, -0.15) is 11.8 Å². The molecule has 0 saturated carbocycles. The largest absolute Gasteiger partial charge is 0.480 e. The Labute approximate surface area is 237 Å². The number of nitrogens with one attached hydrogen (secondary N) is 4. The molecule has 0 radical (unpaired) electrons. The number of amides is 4. The summed E-state index contributed by atoms with van der Waals surface area (Å²) in [6.45, 7) is 3.63. The van der Waals surface area contributed by atoms with Crippen molar-refractivity contribution >= 4 is 52.3 Å². The van der Waals surface area contributed by atoms with E-state index in [-0.39, 0.29) is 38.0 Å². The summed E-state index contributed by atoms with van der Waals surface area (Å²) in [4.78, 5) is 65.4. The van der Waals surface area contributed by atoms with Gasteiger partial charge in [0.05, 0.1) is 6.04 Å². The van der Waals surface area contributed by atoms with E-state index in [9.17, 15) is 29.1 Å². The van der Waals surface area contributed by atoms with Gasteiger partial charge in [0.25, 0.3) is 0 Å². The van der Waals surface area contributed by atoms with Gasteiger partial charge in [-0.15, -0.1) is 0 Å². The van der Waals surface area contributed by atoms with Crippen molar-refractivity contribution in [1.82, 2.24) is 20.9 Å². The number of benzene rings is 1. The molecule has 1 heterocycles. The number of aliphatic carboxylic acids is 1. The number of hydrogen-bond donors (Lipinski definition) is 7. The SMILES string of the molecule is CSCCC(NC(=O)C(N)Cc1c[nH]c2ccccc12)C(=O)NC(CCC(N)=O)C(=O)NC(CC(C)C)C(=O)O. The second-order valence-electron chi connectivity index (χ2n) is 10.1. The lowest BCUT2D eigenvalue weighted by atomic mass is 10.0. The Hall–Kier alpha value is -3.58. The van der Waals surface area contributed by atoms with Gasteiger partial charge in [0.15, 0.2) is 0 Å². The van der Waals surface area contributed by atoms with Crippen molar-refractivity contribution in [3.63, 3.8) is 0 Å². The van der Waals surface area contributed by atoms with Crippen LogP contribution in [0.15, 0.2) is 30.5 Å². The zero-order valence-corrected chi connectivity index (χ0v) is 23.9. The standard InChI is InChI=1S/C27H40N6O6S/c1-15(2)12-22(27(38)39)33-25(36)20(8-9-23(29)34)32-26(37)21(10-11-40-3)31-24(35)18(28)13-16-14-30-19-7-5-4-6-17(16)19/h4-7,14-15,18,20-22,30H,8-13,28H2,1-3H3,(H2,29,34)(H,31,35)(H,32,37)(H,33,36)(H,38,39). The van der Waals surface area contributed by atoms with Crippen molar-refractivity contribution in [3.05, 3.63) is 36.0 Å². The summed E-state index contributed by atoms with van der Waals surface area (Å²) in [6.07, 6.45) is 3.97. The zero-order valence-electron chi connectivity index (χ0n) is 23.1. The van der Waals surface area contributed by atoms with E-state index in [1.165, 1.54) is 11.8 Å². The normalized spacial score (nSPS) is 14.2. The highest BCUT2D eigenvalue weighted by Gasteiger charge is 2.30. The third-order valence-corrected chi connectivity index (χ3v) is 6.97. The fraction of sp³-hybridized carbons (Fsp3) is 0.519. The molecule has 9 N–H and O–H groups in total. The molecule has 1 aromatic carbocycles. The molecule has 13 heteroatoms. The van der Waals surface area contributed by atoms with Gasteiger partial charge >= 0.3 is 5.97 Å². The number of carbonyl (C=O) groups is 5. The Bertz CT molecular complexity index is 1190. The first kappa shape index (κ1) is 32.6. The summed E-state index contributed by atoms with van der Waals surface area (Å²) >= 11 is 1.47. The average molecular weight is 577 g/mol. The molecular weight excluding hydrogens is 536 g/mol. The predicted molar refractivity (Wildman–Crippen MR) is 154 cm³/mol. The molecule has 12 nitrogen and oxygen atoms in total. The number of thioether (sulfide) groups is 1. The molecule has 4 unspecified atom stereocenters. The van der Waals surface area contributed by atoms with Crippen molar-refractivity contribution < 1.29 is 29.1 Å². The lowest BCUT2D eigenvalue weighted by molar-refractivity contribution is -0.143. The first-order chi connectivity index (χ1) is 18.9. The summed E-state index contributed by atoms with van der Waals surface area (Å²) in [7, 11) is 0. The lowest BCUT2D eigenvalue weighted by Gasteiger charge is -2.25. The van der Waals surface area contributed by atoms with Gasteiger partial charge in [0.2, 0.25) is 23.6 Å². The van der Waals surface area contributed by atoms with E-state index in [4.69, 9.17) is 11.5 Å². The monoisotopic (exact) mass is 576 g/mol. The van der Waals surface area contributed by atoms with Gasteiger partial charge < -0.3 is 37.5 Å². The number of rotatable bonds is 17. The molecule has 0 aliphatic carbocycles. The van der Waals surface area contributed by atoms with Crippen molar-refractivity contribution in [2.24, 2.45) is 17.4 Å². The van der Waals surface area contributed by atoms with Crippen LogP contribution < -0.4 is 27.4 Å². The molecular formula is C27H40N6O6S. The summed E-state index contributed by atoms with van der Waals surface area (Å²) in [6, 6.07) is 3.27. The molecule has 2 aromatic rings.